The molecule has 0 saturated carbocycles. The number of fused-ring (bicyclic) bond motifs is 1. The molecule has 0 amide bonds. The number of halogens is 1. The van der Waals surface area contributed by atoms with Crippen LogP contribution in [0.2, 0.25) is 5.02 Å². The summed E-state index contributed by atoms with van der Waals surface area (Å²) in [7, 11) is 0. The molecule has 2 aromatic heterocycles. The van der Waals surface area contributed by atoms with Crippen molar-refractivity contribution in [1.29, 1.82) is 0 Å². The van der Waals surface area contributed by atoms with Crippen molar-refractivity contribution in [2.45, 2.75) is 32.9 Å². The maximum Gasteiger partial charge on any atom is 0.420 e. The summed E-state index contributed by atoms with van der Waals surface area (Å²) in [4.78, 5) is 16.3. The van der Waals surface area contributed by atoms with Crippen LogP contribution in [0.15, 0.2) is 18.5 Å². The van der Waals surface area contributed by atoms with Crippen molar-refractivity contribution in [3.8, 4) is 0 Å². The van der Waals surface area contributed by atoms with Crippen LogP contribution in [0.4, 0.5) is 4.79 Å². The van der Waals surface area contributed by atoms with E-state index in [1.165, 1.54) is 10.8 Å². The van der Waals surface area contributed by atoms with Crippen LogP contribution in [0.3, 0.4) is 0 Å². The van der Waals surface area contributed by atoms with Gasteiger partial charge in [-0.25, -0.2) is 14.3 Å². The summed E-state index contributed by atoms with van der Waals surface area (Å²) in [6.45, 7) is 5.73. The molecule has 19 heavy (non-hydrogen) atoms. The molecule has 2 N–H and O–H groups in total. The zero-order chi connectivity index (χ0) is 14.2. The minimum absolute atomic E-state index is 0.300. The van der Waals surface area contributed by atoms with E-state index in [2.05, 4.69) is 4.98 Å². The van der Waals surface area contributed by atoms with Crippen LogP contribution < -0.4 is 5.73 Å². The van der Waals surface area contributed by atoms with Crippen LogP contribution in [-0.4, -0.2) is 21.2 Å². The Balaban J connectivity index is 2.52. The number of carbonyl (C=O) groups is 1. The molecule has 102 valence electrons. The zero-order valence-corrected chi connectivity index (χ0v) is 11.9. The van der Waals surface area contributed by atoms with Gasteiger partial charge in [0.1, 0.15) is 11.2 Å². The normalized spacial score (nSPS) is 11.8. The van der Waals surface area contributed by atoms with Gasteiger partial charge in [-0.3, -0.25) is 0 Å². The Morgan fingerprint density at radius 3 is 2.79 bits per heavy atom. The Labute approximate surface area is 116 Å². The number of hydrogen-bond donors (Lipinski definition) is 1. The number of aromatic nitrogens is 2. The highest BCUT2D eigenvalue weighted by atomic mass is 35.5. The lowest BCUT2D eigenvalue weighted by Gasteiger charge is -2.19. The molecular weight excluding hydrogens is 266 g/mol. The minimum atomic E-state index is -0.566. The molecule has 0 spiro atoms. The summed E-state index contributed by atoms with van der Waals surface area (Å²) in [6, 6.07) is 1.74. The molecule has 5 nitrogen and oxygen atoms in total. The molecular formula is C13H16ClN3O2. The van der Waals surface area contributed by atoms with Crippen LogP contribution in [0, 0.1) is 0 Å². The van der Waals surface area contributed by atoms with E-state index in [1.54, 1.807) is 12.3 Å². The van der Waals surface area contributed by atoms with E-state index in [0.717, 1.165) is 10.9 Å². The number of rotatable bonds is 1. The van der Waals surface area contributed by atoms with Gasteiger partial charge in [-0.1, -0.05) is 11.6 Å². The van der Waals surface area contributed by atoms with Gasteiger partial charge in [-0.15, -0.1) is 0 Å². The van der Waals surface area contributed by atoms with Gasteiger partial charge in [-0.2, -0.15) is 0 Å². The van der Waals surface area contributed by atoms with Crippen LogP contribution >= 0.6 is 11.6 Å². The van der Waals surface area contributed by atoms with Gasteiger partial charge < -0.3 is 10.5 Å². The van der Waals surface area contributed by atoms with Gasteiger partial charge in [0, 0.05) is 24.3 Å². The zero-order valence-electron chi connectivity index (χ0n) is 11.1. The van der Waals surface area contributed by atoms with Gasteiger partial charge >= 0.3 is 6.09 Å². The third-order valence-electron chi connectivity index (χ3n) is 2.50. The second-order valence-corrected chi connectivity index (χ2v) is 5.67. The first kappa shape index (κ1) is 13.8. The van der Waals surface area contributed by atoms with Crippen molar-refractivity contribution in [2.75, 3.05) is 0 Å². The van der Waals surface area contributed by atoms with E-state index >= 15 is 0 Å². The minimum Gasteiger partial charge on any atom is -0.443 e. The number of nitrogens with zero attached hydrogens (tertiary/aromatic N) is 2. The van der Waals surface area contributed by atoms with Gasteiger partial charge in [0.25, 0.3) is 0 Å². The lowest BCUT2D eigenvalue weighted by Crippen LogP contribution is -2.26. The second-order valence-electron chi connectivity index (χ2n) is 5.23. The Bertz CT molecular complexity index is 629. The number of carbonyl (C=O) groups excluding carboxylic acids is 1. The summed E-state index contributed by atoms with van der Waals surface area (Å²) in [5.74, 6) is 0. The number of ether oxygens (including phenoxy) is 1. The van der Waals surface area contributed by atoms with Crippen molar-refractivity contribution in [2.24, 2.45) is 5.73 Å². The Morgan fingerprint density at radius 2 is 2.21 bits per heavy atom. The molecule has 2 heterocycles. The Morgan fingerprint density at radius 1 is 1.53 bits per heavy atom. The van der Waals surface area contributed by atoms with Crippen molar-refractivity contribution >= 4 is 28.7 Å². The molecule has 2 aromatic rings. The highest BCUT2D eigenvalue weighted by molar-refractivity contribution is 6.31. The summed E-state index contributed by atoms with van der Waals surface area (Å²) in [5.41, 5.74) is 6.40. The molecule has 0 aliphatic heterocycles. The summed E-state index contributed by atoms with van der Waals surface area (Å²) >= 11 is 5.91. The van der Waals surface area contributed by atoms with E-state index in [4.69, 9.17) is 22.1 Å². The van der Waals surface area contributed by atoms with Crippen LogP contribution in [0.25, 0.3) is 11.0 Å². The first-order valence-corrected chi connectivity index (χ1v) is 6.28. The highest BCUT2D eigenvalue weighted by Crippen LogP contribution is 2.23. The van der Waals surface area contributed by atoms with Crippen molar-refractivity contribution in [1.82, 2.24) is 9.55 Å². The molecule has 0 unspecified atom stereocenters. The van der Waals surface area contributed by atoms with Gasteiger partial charge in [0.05, 0.1) is 5.02 Å². The average Bonchev–Trinajstić information content (AvgIpc) is 2.64. The summed E-state index contributed by atoms with van der Waals surface area (Å²) < 4.78 is 6.69. The van der Waals surface area contributed by atoms with Gasteiger partial charge in [-0.05, 0) is 32.4 Å². The second kappa shape index (κ2) is 4.83. The quantitative estimate of drug-likeness (QED) is 0.872. The van der Waals surface area contributed by atoms with Gasteiger partial charge in [0.15, 0.2) is 0 Å². The fourth-order valence-electron chi connectivity index (χ4n) is 1.76. The maximum absolute atomic E-state index is 12.1. The smallest absolute Gasteiger partial charge is 0.420 e. The van der Waals surface area contributed by atoms with E-state index in [1.807, 2.05) is 20.8 Å². The first-order valence-electron chi connectivity index (χ1n) is 5.91. The lowest BCUT2D eigenvalue weighted by atomic mass is 10.2. The summed E-state index contributed by atoms with van der Waals surface area (Å²) in [6.07, 6.45) is 2.65. The molecule has 0 radical (unpaired) electrons. The van der Waals surface area contributed by atoms with Crippen LogP contribution in [0.5, 0.6) is 0 Å². The average molecular weight is 282 g/mol. The maximum atomic E-state index is 12.1. The third kappa shape index (κ3) is 2.88. The number of pyridine rings is 1. The molecule has 6 heteroatoms. The van der Waals surface area contributed by atoms with Gasteiger partial charge in [0.2, 0.25) is 0 Å². The number of nitrogens with two attached hydrogens (primary N) is 1. The van der Waals surface area contributed by atoms with E-state index in [9.17, 15) is 4.79 Å². The first-order chi connectivity index (χ1) is 8.81. The SMILES string of the molecule is CC(C)(C)OC(=O)n1cc(CN)c2cc(Cl)cnc21. The van der Waals surface area contributed by atoms with Crippen molar-refractivity contribution < 1.29 is 9.53 Å². The van der Waals surface area contributed by atoms with Crippen molar-refractivity contribution in [3.63, 3.8) is 0 Å². The van der Waals surface area contributed by atoms with Crippen LogP contribution in [0.1, 0.15) is 26.3 Å². The fourth-order valence-corrected chi connectivity index (χ4v) is 1.92. The molecule has 0 saturated heterocycles. The standard InChI is InChI=1S/C13H16ClN3O2/c1-13(2,3)19-12(18)17-7-8(5-15)10-4-9(14)6-16-11(10)17/h4,6-7H,5,15H2,1-3H3. The van der Waals surface area contributed by atoms with Crippen molar-refractivity contribution in [3.05, 3.63) is 29.0 Å². The van der Waals surface area contributed by atoms with E-state index in [0.29, 0.717) is 17.2 Å². The topological polar surface area (TPSA) is 70.1 Å². The Kier molecular flexibility index (Phi) is 3.52. The fraction of sp³-hybridized carbons (Fsp3) is 0.385. The van der Waals surface area contributed by atoms with E-state index < -0.39 is 11.7 Å². The molecule has 2 rings (SSSR count). The predicted octanol–water partition coefficient (Wildman–Crippen LogP) is 2.93. The molecule has 0 aliphatic rings. The molecule has 0 bridgehead atoms. The monoisotopic (exact) mass is 281 g/mol. The highest BCUT2D eigenvalue weighted by Gasteiger charge is 2.21. The summed E-state index contributed by atoms with van der Waals surface area (Å²) in [5, 5.41) is 1.27. The largest absolute Gasteiger partial charge is 0.443 e. The lowest BCUT2D eigenvalue weighted by molar-refractivity contribution is 0.0543. The molecule has 0 aliphatic carbocycles. The predicted molar refractivity (Wildman–Crippen MR) is 74.3 cm³/mol. The third-order valence-corrected chi connectivity index (χ3v) is 2.71. The molecule has 0 aromatic carbocycles. The van der Waals surface area contributed by atoms with E-state index in [-0.39, 0.29) is 0 Å². The molecule has 0 atom stereocenters. The number of hydrogen-bond acceptors (Lipinski definition) is 4. The molecule has 0 fully saturated rings. The Hall–Kier alpha value is -1.59. The van der Waals surface area contributed by atoms with Crippen LogP contribution in [-0.2, 0) is 11.3 Å².